The molecule has 3 saturated carbocycles. The average Bonchev–Trinajstić information content (AvgIpc) is 2.98. The summed E-state index contributed by atoms with van der Waals surface area (Å²) in [4.78, 5) is 0. The van der Waals surface area contributed by atoms with Gasteiger partial charge in [0, 0.05) is 0 Å². The first-order chi connectivity index (χ1) is 13.4. The van der Waals surface area contributed by atoms with Crippen LogP contribution in [0, 0.1) is 34.5 Å². The Kier molecular flexibility index (Phi) is 5.22. The number of allylic oxidation sites excluding steroid dienone is 1. The van der Waals surface area contributed by atoms with E-state index in [4.69, 9.17) is 0 Å². The van der Waals surface area contributed by atoms with Gasteiger partial charge in [0.1, 0.15) is 6.10 Å². The van der Waals surface area contributed by atoms with Crippen LogP contribution >= 0.6 is 0 Å². The van der Waals surface area contributed by atoms with Gasteiger partial charge in [-0.15, -0.1) is 0 Å². The van der Waals surface area contributed by atoms with E-state index in [9.17, 15) is 23.4 Å². The van der Waals surface area contributed by atoms with Gasteiger partial charge >= 0.3 is 6.18 Å². The zero-order valence-corrected chi connectivity index (χ0v) is 18.1. The van der Waals surface area contributed by atoms with Gasteiger partial charge in [-0.05, 0) is 98.7 Å². The van der Waals surface area contributed by atoms with E-state index in [1.165, 1.54) is 5.57 Å². The lowest BCUT2D eigenvalue weighted by atomic mass is 9.46. The third-order valence-corrected chi connectivity index (χ3v) is 9.99. The largest absolute Gasteiger partial charge is 0.414 e. The molecule has 0 radical (unpaired) electrons. The van der Waals surface area contributed by atoms with Crippen LogP contribution in [-0.2, 0) is 0 Å². The number of aliphatic hydroxyl groups excluding tert-OH is 1. The van der Waals surface area contributed by atoms with Gasteiger partial charge in [-0.25, -0.2) is 0 Å². The number of alkyl halides is 3. The maximum absolute atomic E-state index is 13.0. The van der Waals surface area contributed by atoms with E-state index in [1.54, 1.807) is 0 Å². The van der Waals surface area contributed by atoms with Crippen molar-refractivity contribution in [3.8, 4) is 0 Å². The molecule has 0 aliphatic heterocycles. The molecule has 0 saturated heterocycles. The minimum Gasteiger partial charge on any atom is -0.390 e. The molecule has 0 spiro atoms. The molecule has 8 atom stereocenters. The van der Waals surface area contributed by atoms with Crippen LogP contribution in [0.2, 0.25) is 0 Å². The first kappa shape index (κ1) is 21.7. The Morgan fingerprint density at radius 2 is 1.83 bits per heavy atom. The van der Waals surface area contributed by atoms with Crippen molar-refractivity contribution in [1.29, 1.82) is 0 Å². The summed E-state index contributed by atoms with van der Waals surface area (Å²) in [7, 11) is 0. The maximum atomic E-state index is 13.0. The van der Waals surface area contributed by atoms with Crippen LogP contribution in [0.5, 0.6) is 0 Å². The number of rotatable bonds is 3. The molecule has 2 nitrogen and oxygen atoms in total. The zero-order chi connectivity index (χ0) is 21.2. The van der Waals surface area contributed by atoms with Crippen molar-refractivity contribution < 1.29 is 23.4 Å². The van der Waals surface area contributed by atoms with E-state index < -0.39 is 17.9 Å². The minimum absolute atomic E-state index is 0.0419. The molecule has 0 aromatic rings. The van der Waals surface area contributed by atoms with Gasteiger partial charge in [-0.1, -0.05) is 32.4 Å². The molecule has 29 heavy (non-hydrogen) atoms. The molecule has 166 valence electrons. The van der Waals surface area contributed by atoms with E-state index in [1.807, 2.05) is 0 Å². The number of halogens is 3. The molecule has 0 bridgehead atoms. The zero-order valence-electron chi connectivity index (χ0n) is 18.1. The molecule has 4 aliphatic carbocycles. The summed E-state index contributed by atoms with van der Waals surface area (Å²) >= 11 is 0. The van der Waals surface area contributed by atoms with Gasteiger partial charge in [0.05, 0.1) is 5.60 Å². The van der Waals surface area contributed by atoms with Crippen LogP contribution in [0.1, 0.15) is 85.0 Å². The van der Waals surface area contributed by atoms with Gasteiger partial charge in [0.25, 0.3) is 0 Å². The Balaban J connectivity index is 1.55. The highest BCUT2D eigenvalue weighted by Gasteiger charge is 2.60. The summed E-state index contributed by atoms with van der Waals surface area (Å²) in [5.74, 6) is 1.52. The van der Waals surface area contributed by atoms with Crippen LogP contribution in [0.25, 0.3) is 0 Å². The Morgan fingerprint density at radius 3 is 2.48 bits per heavy atom. The monoisotopic (exact) mass is 414 g/mol. The molecule has 0 aromatic heterocycles. The summed E-state index contributed by atoms with van der Waals surface area (Å²) in [6.45, 7) is 6.65. The molecule has 4 rings (SSSR count). The van der Waals surface area contributed by atoms with Crippen molar-refractivity contribution in [2.45, 2.75) is 103 Å². The van der Waals surface area contributed by atoms with Crippen molar-refractivity contribution in [3.63, 3.8) is 0 Å². The molecule has 5 heteroatoms. The second kappa shape index (κ2) is 6.98. The summed E-state index contributed by atoms with van der Waals surface area (Å²) in [5, 5.41) is 20.5. The molecule has 7 unspecified atom stereocenters. The van der Waals surface area contributed by atoms with Crippen LogP contribution in [-0.4, -0.2) is 28.1 Å². The van der Waals surface area contributed by atoms with E-state index in [0.717, 1.165) is 57.8 Å². The van der Waals surface area contributed by atoms with Gasteiger partial charge < -0.3 is 10.2 Å². The van der Waals surface area contributed by atoms with Crippen molar-refractivity contribution >= 4 is 0 Å². The molecular formula is C24H37F3O2. The smallest absolute Gasteiger partial charge is 0.390 e. The molecule has 0 amide bonds. The number of hydrogen-bond acceptors (Lipinski definition) is 2. The number of fused-ring (bicyclic) bond motifs is 5. The van der Waals surface area contributed by atoms with Crippen molar-refractivity contribution in [3.05, 3.63) is 11.6 Å². The van der Waals surface area contributed by atoms with Crippen LogP contribution in [0.3, 0.4) is 0 Å². The Hall–Kier alpha value is -0.550. The highest BCUT2D eigenvalue weighted by atomic mass is 19.4. The molecule has 0 heterocycles. The molecular weight excluding hydrogens is 377 g/mol. The Bertz CT molecular complexity index is 674. The van der Waals surface area contributed by atoms with Crippen LogP contribution in [0.4, 0.5) is 13.2 Å². The first-order valence-electron chi connectivity index (χ1n) is 11.6. The van der Waals surface area contributed by atoms with Gasteiger partial charge in [0.15, 0.2) is 0 Å². The van der Waals surface area contributed by atoms with Crippen molar-refractivity contribution in [1.82, 2.24) is 0 Å². The second-order valence-corrected chi connectivity index (χ2v) is 11.1. The lowest BCUT2D eigenvalue weighted by Crippen LogP contribution is -2.52. The number of hydrogen-bond donors (Lipinski definition) is 2. The topological polar surface area (TPSA) is 40.5 Å². The highest BCUT2D eigenvalue weighted by Crippen LogP contribution is 2.67. The first-order valence-corrected chi connectivity index (χ1v) is 11.6. The predicted octanol–water partition coefficient (Wildman–Crippen LogP) is 6.02. The summed E-state index contributed by atoms with van der Waals surface area (Å²) < 4.78 is 38.9. The van der Waals surface area contributed by atoms with Crippen molar-refractivity contribution in [2.24, 2.45) is 34.5 Å². The average molecular weight is 415 g/mol. The second-order valence-electron chi connectivity index (χ2n) is 11.1. The third-order valence-electron chi connectivity index (χ3n) is 9.99. The van der Waals surface area contributed by atoms with E-state index in [2.05, 4.69) is 26.8 Å². The summed E-state index contributed by atoms with van der Waals surface area (Å²) in [5.41, 5.74) is 0.913. The van der Waals surface area contributed by atoms with Gasteiger partial charge in [-0.2, -0.15) is 13.2 Å². The number of aliphatic hydroxyl groups is 2. The van der Waals surface area contributed by atoms with Crippen LogP contribution < -0.4 is 0 Å². The fraction of sp³-hybridized carbons (Fsp3) is 0.917. The van der Waals surface area contributed by atoms with Crippen molar-refractivity contribution in [2.75, 3.05) is 0 Å². The quantitative estimate of drug-likeness (QED) is 0.555. The third kappa shape index (κ3) is 3.39. The molecule has 4 aliphatic rings. The maximum Gasteiger partial charge on any atom is 0.414 e. The highest BCUT2D eigenvalue weighted by molar-refractivity contribution is 5.27. The molecule has 0 aromatic carbocycles. The van der Waals surface area contributed by atoms with E-state index >= 15 is 0 Å². The Morgan fingerprint density at radius 1 is 1.10 bits per heavy atom. The Labute approximate surface area is 173 Å². The SMILES string of the molecule is CC[C@]1(O)CCC2(C)C(=CCC3C2CCC2(C)C(CC(O)C(F)(F)F)CCC32)C1. The molecule has 2 N–H and O–H groups in total. The minimum atomic E-state index is -4.51. The van der Waals surface area contributed by atoms with E-state index in [-0.39, 0.29) is 23.2 Å². The normalized spacial score (nSPS) is 48.3. The summed E-state index contributed by atoms with van der Waals surface area (Å²) in [6, 6.07) is 0. The summed E-state index contributed by atoms with van der Waals surface area (Å²) in [6.07, 6.45) is 3.80. The lowest BCUT2D eigenvalue weighted by molar-refractivity contribution is -0.211. The fourth-order valence-electron chi connectivity index (χ4n) is 7.91. The van der Waals surface area contributed by atoms with Gasteiger partial charge in [-0.3, -0.25) is 0 Å². The predicted molar refractivity (Wildman–Crippen MR) is 107 cm³/mol. The van der Waals surface area contributed by atoms with Gasteiger partial charge in [0.2, 0.25) is 0 Å². The fourth-order valence-corrected chi connectivity index (χ4v) is 7.91. The standard InChI is InChI=1S/C24H37F3O2/c1-4-23(29)12-11-22(3)16(14-23)5-7-17-18-8-6-15(13-20(28)24(25,26)27)21(18,2)10-9-19(17)22/h5,15,17-20,28-29H,4,6-14H2,1-3H3/t15?,17?,18?,19?,20?,21?,22?,23-/m0/s1. The van der Waals surface area contributed by atoms with Crippen LogP contribution in [0.15, 0.2) is 11.6 Å². The lowest BCUT2D eigenvalue weighted by Gasteiger charge is -2.59. The molecule has 3 fully saturated rings. The van der Waals surface area contributed by atoms with E-state index in [0.29, 0.717) is 17.8 Å².